The van der Waals surface area contributed by atoms with E-state index in [-0.39, 0.29) is 0 Å². The van der Waals surface area contributed by atoms with Gasteiger partial charge in [0.25, 0.3) is 0 Å². The van der Waals surface area contributed by atoms with Gasteiger partial charge in [-0.1, -0.05) is 11.6 Å². The third-order valence-corrected chi connectivity index (χ3v) is 2.94. The number of hydrogen-bond donors (Lipinski definition) is 2. The fourth-order valence-corrected chi connectivity index (χ4v) is 2.02. The molecule has 3 heterocycles. The molecule has 1 atom stereocenters. The Kier molecular flexibility index (Phi) is 1.72. The summed E-state index contributed by atoms with van der Waals surface area (Å²) >= 11 is 6.03. The average Bonchev–Trinajstić information content (AvgIpc) is 2.47. The maximum atomic E-state index is 6.03. The number of aromatic amines is 1. The van der Waals surface area contributed by atoms with Crippen molar-refractivity contribution >= 4 is 22.6 Å². The molecule has 0 aliphatic carbocycles. The number of aromatic nitrogens is 3. The summed E-state index contributed by atoms with van der Waals surface area (Å²) in [5, 5.41) is 4.81. The van der Waals surface area contributed by atoms with Crippen LogP contribution in [0.15, 0.2) is 12.5 Å². The zero-order chi connectivity index (χ0) is 9.54. The Morgan fingerprint density at radius 2 is 2.29 bits per heavy atom. The highest BCUT2D eigenvalue weighted by Gasteiger charge is 2.23. The first-order valence-corrected chi connectivity index (χ1v) is 4.95. The minimum absolute atomic E-state index is 0.409. The van der Waals surface area contributed by atoms with Crippen molar-refractivity contribution in [2.24, 2.45) is 0 Å². The average molecular weight is 209 g/mol. The molecule has 2 aromatic rings. The molecule has 0 bridgehead atoms. The van der Waals surface area contributed by atoms with Gasteiger partial charge in [0.05, 0.1) is 5.39 Å². The first-order chi connectivity index (χ1) is 6.86. The van der Waals surface area contributed by atoms with E-state index < -0.39 is 0 Å². The molecular weight excluding hydrogens is 200 g/mol. The van der Waals surface area contributed by atoms with Gasteiger partial charge in [-0.3, -0.25) is 0 Å². The topological polar surface area (TPSA) is 53.6 Å². The van der Waals surface area contributed by atoms with E-state index in [2.05, 4.69) is 20.3 Å². The van der Waals surface area contributed by atoms with E-state index >= 15 is 0 Å². The van der Waals surface area contributed by atoms with Gasteiger partial charge in [-0.15, -0.1) is 0 Å². The van der Waals surface area contributed by atoms with Gasteiger partial charge < -0.3 is 10.3 Å². The van der Waals surface area contributed by atoms with Crippen LogP contribution in [0, 0.1) is 0 Å². The van der Waals surface area contributed by atoms with E-state index in [1.165, 1.54) is 11.9 Å². The Hall–Kier alpha value is -1.13. The number of H-pyrrole nitrogens is 1. The first-order valence-electron chi connectivity index (χ1n) is 4.57. The molecule has 5 heteroatoms. The van der Waals surface area contributed by atoms with Gasteiger partial charge >= 0.3 is 0 Å². The first kappa shape index (κ1) is 8.20. The van der Waals surface area contributed by atoms with Crippen LogP contribution in [-0.4, -0.2) is 21.5 Å². The Labute approximate surface area is 85.7 Å². The number of fused-ring (bicyclic) bond motifs is 1. The summed E-state index contributed by atoms with van der Waals surface area (Å²) in [4.78, 5) is 11.2. The Morgan fingerprint density at radius 1 is 1.43 bits per heavy atom. The molecular formula is C9H9ClN4. The van der Waals surface area contributed by atoms with E-state index in [4.69, 9.17) is 11.6 Å². The van der Waals surface area contributed by atoms with Gasteiger partial charge in [0.2, 0.25) is 0 Å². The predicted octanol–water partition coefficient (Wildman–Crippen LogP) is 1.65. The lowest BCUT2D eigenvalue weighted by molar-refractivity contribution is 0.385. The third kappa shape index (κ3) is 1.04. The Balaban J connectivity index is 2.23. The molecule has 0 saturated carbocycles. The summed E-state index contributed by atoms with van der Waals surface area (Å²) in [6.07, 6.45) is 4.58. The minimum Gasteiger partial charge on any atom is -0.346 e. The molecule has 0 spiro atoms. The largest absolute Gasteiger partial charge is 0.346 e. The van der Waals surface area contributed by atoms with Crippen molar-refractivity contribution in [3.63, 3.8) is 0 Å². The summed E-state index contributed by atoms with van der Waals surface area (Å²) in [5.74, 6) is 0. The van der Waals surface area contributed by atoms with Crippen LogP contribution in [0.5, 0.6) is 0 Å². The number of nitrogens with one attached hydrogen (secondary N) is 2. The van der Waals surface area contributed by atoms with Gasteiger partial charge in [-0.2, -0.15) is 0 Å². The third-order valence-electron chi connectivity index (χ3n) is 2.65. The lowest BCUT2D eigenvalue weighted by Gasteiger charge is -2.27. The van der Waals surface area contributed by atoms with Crippen LogP contribution in [0.3, 0.4) is 0 Å². The predicted molar refractivity (Wildman–Crippen MR) is 54.3 cm³/mol. The van der Waals surface area contributed by atoms with Crippen LogP contribution in [0.4, 0.5) is 0 Å². The number of rotatable bonds is 1. The fourth-order valence-electron chi connectivity index (χ4n) is 1.78. The van der Waals surface area contributed by atoms with E-state index in [1.54, 1.807) is 0 Å². The molecule has 1 unspecified atom stereocenters. The molecule has 2 N–H and O–H groups in total. The Morgan fingerprint density at radius 3 is 3.00 bits per heavy atom. The van der Waals surface area contributed by atoms with E-state index in [0.29, 0.717) is 11.2 Å². The molecule has 72 valence electrons. The van der Waals surface area contributed by atoms with E-state index in [9.17, 15) is 0 Å². The molecule has 1 saturated heterocycles. The quantitative estimate of drug-likeness (QED) is 0.701. The van der Waals surface area contributed by atoms with Crippen molar-refractivity contribution in [2.45, 2.75) is 12.5 Å². The number of halogens is 1. The van der Waals surface area contributed by atoms with Gasteiger partial charge in [0.15, 0.2) is 0 Å². The standard InChI is InChI=1S/C9H9ClN4/c10-8-7-5(6-1-2-11-6)3-12-9(7)14-4-13-8/h3-4,6,11H,1-2H2,(H,12,13,14). The molecule has 1 aliphatic rings. The zero-order valence-electron chi connectivity index (χ0n) is 7.42. The van der Waals surface area contributed by atoms with Crippen LogP contribution in [0.1, 0.15) is 18.0 Å². The van der Waals surface area contributed by atoms with E-state index in [0.717, 1.165) is 24.0 Å². The van der Waals surface area contributed by atoms with Crippen molar-refractivity contribution in [3.05, 3.63) is 23.2 Å². The Bertz CT molecular complexity index is 475. The summed E-state index contributed by atoms with van der Waals surface area (Å²) in [6, 6.07) is 0.409. The molecule has 0 radical (unpaired) electrons. The summed E-state index contributed by atoms with van der Waals surface area (Å²) < 4.78 is 0. The molecule has 3 rings (SSSR count). The maximum absolute atomic E-state index is 6.03. The van der Waals surface area contributed by atoms with Crippen molar-refractivity contribution in [2.75, 3.05) is 6.54 Å². The molecule has 0 amide bonds. The van der Waals surface area contributed by atoms with E-state index in [1.807, 2.05) is 6.20 Å². The van der Waals surface area contributed by atoms with Crippen LogP contribution in [-0.2, 0) is 0 Å². The number of nitrogens with zero attached hydrogens (tertiary/aromatic N) is 2. The smallest absolute Gasteiger partial charge is 0.142 e. The second kappa shape index (κ2) is 2.93. The lowest BCUT2D eigenvalue weighted by Crippen LogP contribution is -2.34. The van der Waals surface area contributed by atoms with Crippen molar-refractivity contribution in [3.8, 4) is 0 Å². The van der Waals surface area contributed by atoms with Crippen molar-refractivity contribution in [1.82, 2.24) is 20.3 Å². The van der Waals surface area contributed by atoms with Crippen LogP contribution in [0.2, 0.25) is 5.15 Å². The van der Waals surface area contributed by atoms with Crippen molar-refractivity contribution < 1.29 is 0 Å². The maximum Gasteiger partial charge on any atom is 0.142 e. The second-order valence-corrected chi connectivity index (χ2v) is 3.79. The van der Waals surface area contributed by atoms with Crippen LogP contribution >= 0.6 is 11.6 Å². The number of hydrogen-bond acceptors (Lipinski definition) is 3. The lowest BCUT2D eigenvalue weighted by atomic mass is 9.99. The minimum atomic E-state index is 0.409. The molecule has 4 nitrogen and oxygen atoms in total. The van der Waals surface area contributed by atoms with Crippen LogP contribution < -0.4 is 5.32 Å². The SMILES string of the molecule is Clc1ncnc2[nH]cc(C3CCN3)c12. The van der Waals surface area contributed by atoms with Crippen LogP contribution in [0.25, 0.3) is 11.0 Å². The fraction of sp³-hybridized carbons (Fsp3) is 0.333. The summed E-state index contributed by atoms with van der Waals surface area (Å²) in [6.45, 7) is 1.07. The molecule has 2 aromatic heterocycles. The van der Waals surface area contributed by atoms with Crippen molar-refractivity contribution in [1.29, 1.82) is 0 Å². The molecule has 14 heavy (non-hydrogen) atoms. The summed E-state index contributed by atoms with van der Waals surface area (Å²) in [7, 11) is 0. The highest BCUT2D eigenvalue weighted by Crippen LogP contribution is 2.31. The van der Waals surface area contributed by atoms with Gasteiger partial charge in [0.1, 0.15) is 17.1 Å². The molecule has 1 aliphatic heterocycles. The zero-order valence-corrected chi connectivity index (χ0v) is 8.17. The van der Waals surface area contributed by atoms with Gasteiger partial charge in [0, 0.05) is 12.2 Å². The normalized spacial score (nSPS) is 21.1. The molecule has 1 fully saturated rings. The monoisotopic (exact) mass is 208 g/mol. The van der Waals surface area contributed by atoms with Gasteiger partial charge in [-0.25, -0.2) is 9.97 Å². The summed E-state index contributed by atoms with van der Waals surface area (Å²) in [5.41, 5.74) is 1.99. The van der Waals surface area contributed by atoms with Gasteiger partial charge in [-0.05, 0) is 18.5 Å². The highest BCUT2D eigenvalue weighted by atomic mass is 35.5. The molecule has 0 aromatic carbocycles. The second-order valence-electron chi connectivity index (χ2n) is 3.43. The highest BCUT2D eigenvalue weighted by molar-refractivity contribution is 6.34.